The molecule has 0 saturated carbocycles. The van der Waals surface area contributed by atoms with Gasteiger partial charge in [0.05, 0.1) is 18.0 Å². The van der Waals surface area contributed by atoms with Gasteiger partial charge in [-0.3, -0.25) is 9.79 Å². The zero-order chi connectivity index (χ0) is 20.9. The molecule has 0 atom stereocenters. The first-order valence-electron chi connectivity index (χ1n) is 9.51. The van der Waals surface area contributed by atoms with Crippen LogP contribution >= 0.6 is 0 Å². The van der Waals surface area contributed by atoms with E-state index in [4.69, 9.17) is 0 Å². The Morgan fingerprint density at radius 2 is 1.76 bits per heavy atom. The average Bonchev–Trinajstić information content (AvgIpc) is 3.27. The van der Waals surface area contributed by atoms with Gasteiger partial charge in [0.15, 0.2) is 0 Å². The second-order valence-corrected chi connectivity index (χ2v) is 9.04. The number of aliphatic imine (C=N–C) groups is 1. The second-order valence-electron chi connectivity index (χ2n) is 6.99. The molecule has 1 heterocycles. The molecule has 29 heavy (non-hydrogen) atoms. The van der Waals surface area contributed by atoms with Crippen LogP contribution in [0.5, 0.6) is 0 Å². The first-order chi connectivity index (χ1) is 13.9. The third-order valence-electron chi connectivity index (χ3n) is 4.87. The van der Waals surface area contributed by atoms with Crippen LogP contribution in [0.25, 0.3) is 0 Å². The van der Waals surface area contributed by atoms with Crippen molar-refractivity contribution in [1.82, 2.24) is 14.5 Å². The first-order valence-corrected chi connectivity index (χ1v) is 10.9. The summed E-state index contributed by atoms with van der Waals surface area (Å²) in [5.41, 5.74) is 2.17. The maximum atomic E-state index is 12.6. The molecule has 0 bridgehead atoms. The molecule has 0 aromatic heterocycles. The predicted molar refractivity (Wildman–Crippen MR) is 113 cm³/mol. The van der Waals surface area contributed by atoms with Gasteiger partial charge in [0, 0.05) is 32.7 Å². The van der Waals surface area contributed by atoms with E-state index in [1.54, 1.807) is 30.1 Å². The van der Waals surface area contributed by atoms with E-state index in [1.165, 1.54) is 19.2 Å². The van der Waals surface area contributed by atoms with Crippen molar-refractivity contribution < 1.29 is 13.2 Å². The van der Waals surface area contributed by atoms with E-state index in [-0.39, 0.29) is 17.3 Å². The number of hydrogen-bond donors (Lipinski definition) is 1. The SMILES string of the molecule is CN(CCc1ccc(C2=NCCN2)cc1)C(=O)CN(C)S(=O)(=O)c1ccccc1. The molecule has 0 unspecified atom stereocenters. The lowest BCUT2D eigenvalue weighted by Gasteiger charge is -2.22. The maximum Gasteiger partial charge on any atom is 0.243 e. The van der Waals surface area contributed by atoms with Gasteiger partial charge in [-0.2, -0.15) is 4.31 Å². The summed E-state index contributed by atoms with van der Waals surface area (Å²) >= 11 is 0. The number of benzene rings is 2. The summed E-state index contributed by atoms with van der Waals surface area (Å²) in [6.45, 7) is 1.99. The molecule has 1 N–H and O–H groups in total. The fourth-order valence-corrected chi connectivity index (χ4v) is 4.15. The molecule has 0 spiro atoms. The van der Waals surface area contributed by atoms with E-state index in [0.717, 1.165) is 34.4 Å². The zero-order valence-corrected chi connectivity index (χ0v) is 17.5. The monoisotopic (exact) mass is 414 g/mol. The highest BCUT2D eigenvalue weighted by Gasteiger charge is 2.23. The first kappa shape index (κ1) is 21.0. The van der Waals surface area contributed by atoms with E-state index in [2.05, 4.69) is 10.3 Å². The summed E-state index contributed by atoms with van der Waals surface area (Å²) in [6.07, 6.45) is 0.692. The Hall–Kier alpha value is -2.71. The quantitative estimate of drug-likeness (QED) is 0.707. The van der Waals surface area contributed by atoms with Crippen LogP contribution < -0.4 is 5.32 Å². The number of sulfonamides is 1. The third-order valence-corrected chi connectivity index (χ3v) is 6.69. The minimum atomic E-state index is -3.68. The summed E-state index contributed by atoms with van der Waals surface area (Å²) < 4.78 is 26.2. The molecule has 1 aliphatic heterocycles. The number of hydrogen-bond acceptors (Lipinski definition) is 5. The van der Waals surface area contributed by atoms with Gasteiger partial charge in [0.2, 0.25) is 15.9 Å². The normalized spacial score (nSPS) is 13.8. The Labute approximate surface area is 172 Å². The standard InChI is InChI=1S/C21H26N4O3S/c1-24(15-12-17-8-10-18(11-9-17)21-22-13-14-23-21)20(26)16-25(2)29(27,28)19-6-4-3-5-7-19/h3-11H,12-16H2,1-2H3,(H,22,23). The van der Waals surface area contributed by atoms with Crippen molar-refractivity contribution in [2.75, 3.05) is 40.3 Å². The number of carbonyl (C=O) groups is 1. The molecule has 3 rings (SSSR count). The molecule has 1 amide bonds. The number of rotatable bonds is 8. The van der Waals surface area contributed by atoms with Gasteiger partial charge in [0.1, 0.15) is 5.84 Å². The highest BCUT2D eigenvalue weighted by molar-refractivity contribution is 7.89. The number of amidine groups is 1. The lowest BCUT2D eigenvalue weighted by molar-refractivity contribution is -0.129. The highest BCUT2D eigenvalue weighted by Crippen LogP contribution is 2.13. The Kier molecular flexibility index (Phi) is 6.66. The number of carbonyl (C=O) groups excluding carboxylic acids is 1. The van der Waals surface area contributed by atoms with Crippen LogP contribution in [0.1, 0.15) is 11.1 Å². The number of amides is 1. The van der Waals surface area contributed by atoms with Gasteiger partial charge in [-0.15, -0.1) is 0 Å². The van der Waals surface area contributed by atoms with Crippen molar-refractivity contribution in [3.8, 4) is 0 Å². The van der Waals surface area contributed by atoms with Crippen molar-refractivity contribution in [2.45, 2.75) is 11.3 Å². The number of likely N-dealkylation sites (N-methyl/N-ethyl adjacent to an activating group) is 2. The van der Waals surface area contributed by atoms with E-state index in [0.29, 0.717) is 13.0 Å². The van der Waals surface area contributed by atoms with Gasteiger partial charge in [-0.1, -0.05) is 42.5 Å². The molecule has 0 radical (unpaired) electrons. The van der Waals surface area contributed by atoms with Crippen LogP contribution in [0.15, 0.2) is 64.5 Å². The minimum absolute atomic E-state index is 0.180. The second kappa shape index (κ2) is 9.19. The lowest BCUT2D eigenvalue weighted by atomic mass is 10.1. The van der Waals surface area contributed by atoms with Crippen LogP contribution in [0.4, 0.5) is 0 Å². The van der Waals surface area contributed by atoms with E-state index in [1.807, 2.05) is 24.3 Å². The van der Waals surface area contributed by atoms with Crippen LogP contribution in [-0.2, 0) is 21.2 Å². The Balaban J connectivity index is 1.52. The molecule has 7 nitrogen and oxygen atoms in total. The van der Waals surface area contributed by atoms with Gasteiger partial charge in [-0.25, -0.2) is 8.42 Å². The zero-order valence-electron chi connectivity index (χ0n) is 16.7. The molecular weight excluding hydrogens is 388 g/mol. The van der Waals surface area contributed by atoms with E-state index in [9.17, 15) is 13.2 Å². The summed E-state index contributed by atoms with van der Waals surface area (Å²) in [5, 5.41) is 3.24. The van der Waals surface area contributed by atoms with E-state index < -0.39 is 10.0 Å². The number of nitrogens with one attached hydrogen (secondary N) is 1. The molecule has 0 saturated heterocycles. The van der Waals surface area contributed by atoms with Gasteiger partial charge in [-0.05, 0) is 24.1 Å². The van der Waals surface area contributed by atoms with Crippen molar-refractivity contribution in [2.24, 2.45) is 4.99 Å². The van der Waals surface area contributed by atoms with Crippen molar-refractivity contribution in [3.63, 3.8) is 0 Å². The van der Waals surface area contributed by atoms with Crippen molar-refractivity contribution in [3.05, 3.63) is 65.7 Å². The highest BCUT2D eigenvalue weighted by atomic mass is 32.2. The Morgan fingerprint density at radius 1 is 1.07 bits per heavy atom. The molecular formula is C21H26N4O3S. The summed E-state index contributed by atoms with van der Waals surface area (Å²) in [6, 6.07) is 16.2. The molecule has 8 heteroatoms. The van der Waals surface area contributed by atoms with E-state index >= 15 is 0 Å². The van der Waals surface area contributed by atoms with Gasteiger partial charge < -0.3 is 10.2 Å². The van der Waals surface area contributed by atoms with Gasteiger partial charge in [0.25, 0.3) is 0 Å². The Morgan fingerprint density at radius 3 is 2.38 bits per heavy atom. The fourth-order valence-electron chi connectivity index (χ4n) is 3.01. The largest absolute Gasteiger partial charge is 0.368 e. The van der Waals surface area contributed by atoms with Gasteiger partial charge >= 0.3 is 0 Å². The van der Waals surface area contributed by atoms with Crippen molar-refractivity contribution in [1.29, 1.82) is 0 Å². The van der Waals surface area contributed by atoms with Crippen LogP contribution in [0, 0.1) is 0 Å². The molecule has 154 valence electrons. The smallest absolute Gasteiger partial charge is 0.243 e. The number of nitrogens with zero attached hydrogens (tertiary/aromatic N) is 3. The third kappa shape index (κ3) is 5.21. The Bertz CT molecular complexity index is 973. The predicted octanol–water partition coefficient (Wildman–Crippen LogP) is 1.36. The summed E-state index contributed by atoms with van der Waals surface area (Å²) in [4.78, 5) is 18.6. The van der Waals surface area contributed by atoms with Crippen LogP contribution in [0.3, 0.4) is 0 Å². The molecule has 0 fully saturated rings. The topological polar surface area (TPSA) is 82.1 Å². The fraction of sp³-hybridized carbons (Fsp3) is 0.333. The van der Waals surface area contributed by atoms with Crippen LogP contribution in [0.2, 0.25) is 0 Å². The molecule has 2 aromatic rings. The van der Waals surface area contributed by atoms with Crippen LogP contribution in [-0.4, -0.2) is 69.6 Å². The molecule has 2 aromatic carbocycles. The maximum absolute atomic E-state index is 12.6. The lowest BCUT2D eigenvalue weighted by Crippen LogP contribution is -2.40. The molecule has 1 aliphatic rings. The average molecular weight is 415 g/mol. The molecule has 0 aliphatic carbocycles. The summed E-state index contributed by atoms with van der Waals surface area (Å²) in [7, 11) is -0.564. The summed E-state index contributed by atoms with van der Waals surface area (Å²) in [5.74, 6) is 0.680. The van der Waals surface area contributed by atoms with Crippen molar-refractivity contribution >= 4 is 21.8 Å². The minimum Gasteiger partial charge on any atom is -0.368 e.